The van der Waals surface area contributed by atoms with Gasteiger partial charge < -0.3 is 4.74 Å². The van der Waals surface area contributed by atoms with Gasteiger partial charge in [-0.25, -0.2) is 0 Å². The van der Waals surface area contributed by atoms with E-state index >= 15 is 0 Å². The zero-order valence-electron chi connectivity index (χ0n) is 17.1. The molecule has 2 nitrogen and oxygen atoms in total. The van der Waals surface area contributed by atoms with Gasteiger partial charge in [-0.2, -0.15) is 0 Å². The van der Waals surface area contributed by atoms with Gasteiger partial charge in [-0.3, -0.25) is 4.18 Å². The fraction of sp³-hybridized carbons (Fsp3) is 0.818. The molecule has 0 radical (unpaired) electrons. The van der Waals surface area contributed by atoms with Crippen molar-refractivity contribution < 1.29 is 8.92 Å². The van der Waals surface area contributed by atoms with Gasteiger partial charge in [0.2, 0.25) is 6.29 Å². The molecule has 2 aliphatic rings. The molecule has 2 aliphatic carbocycles. The molecule has 0 amide bonds. The van der Waals surface area contributed by atoms with Crippen LogP contribution >= 0.6 is 12.0 Å². The summed E-state index contributed by atoms with van der Waals surface area (Å²) in [4.78, 5) is 0. The molecular formula is C22H38O2S. The first-order chi connectivity index (χ1) is 11.8. The maximum Gasteiger partial charge on any atom is 0.209 e. The van der Waals surface area contributed by atoms with Gasteiger partial charge in [-0.15, -0.1) is 0 Å². The summed E-state index contributed by atoms with van der Waals surface area (Å²) >= 11 is 1.64. The minimum atomic E-state index is -0.170. The van der Waals surface area contributed by atoms with Crippen LogP contribution in [-0.2, 0) is 8.92 Å². The summed E-state index contributed by atoms with van der Waals surface area (Å²) in [6.07, 6.45) is 13.1. The second kappa shape index (κ2) is 9.50. The second-order valence-corrected chi connectivity index (χ2v) is 10.2. The van der Waals surface area contributed by atoms with Crippen molar-refractivity contribution in [3.63, 3.8) is 0 Å². The lowest BCUT2D eigenvalue weighted by Gasteiger charge is -2.37. The Balaban J connectivity index is 1.85. The molecule has 0 aromatic heterocycles. The molecule has 2 rings (SSSR count). The topological polar surface area (TPSA) is 18.5 Å². The highest BCUT2D eigenvalue weighted by Crippen LogP contribution is 2.41. The van der Waals surface area contributed by atoms with Gasteiger partial charge in [-0.1, -0.05) is 65.5 Å². The number of hydrogen-bond acceptors (Lipinski definition) is 3. The third-order valence-electron chi connectivity index (χ3n) is 5.34. The average Bonchev–Trinajstić information content (AvgIpc) is 2.54. The Morgan fingerprint density at radius 1 is 1.00 bits per heavy atom. The van der Waals surface area contributed by atoms with Crippen LogP contribution in [0.1, 0.15) is 86.5 Å². The normalized spacial score (nSPS) is 22.4. The average molecular weight is 367 g/mol. The molecule has 0 saturated heterocycles. The Morgan fingerprint density at radius 3 is 2.20 bits per heavy atom. The second-order valence-electron chi connectivity index (χ2n) is 9.10. The molecule has 0 aromatic carbocycles. The van der Waals surface area contributed by atoms with E-state index in [9.17, 15) is 0 Å². The summed E-state index contributed by atoms with van der Waals surface area (Å²) in [5.74, 6) is 2.36. The predicted molar refractivity (Wildman–Crippen MR) is 109 cm³/mol. The summed E-state index contributed by atoms with van der Waals surface area (Å²) in [7, 11) is 0. The van der Waals surface area contributed by atoms with Gasteiger partial charge in [0, 0.05) is 11.7 Å². The van der Waals surface area contributed by atoms with E-state index in [1.54, 1.807) is 17.6 Å². The van der Waals surface area contributed by atoms with E-state index in [-0.39, 0.29) is 6.29 Å². The van der Waals surface area contributed by atoms with E-state index in [0.717, 1.165) is 18.6 Å². The van der Waals surface area contributed by atoms with Gasteiger partial charge in [0.05, 0.1) is 5.76 Å². The van der Waals surface area contributed by atoms with Crippen LogP contribution in [-0.4, -0.2) is 11.5 Å². The van der Waals surface area contributed by atoms with E-state index in [2.05, 4.69) is 46.8 Å². The van der Waals surface area contributed by atoms with Crippen LogP contribution in [0.4, 0.5) is 0 Å². The molecule has 2 atom stereocenters. The van der Waals surface area contributed by atoms with E-state index in [1.165, 1.54) is 32.1 Å². The standard InChI is InChI=1S/C22H38O2S/c1-16(2)21(22(4,5)6)18-12-14-19(15-13-18)23-17(3)24-25-20-10-8-7-9-11-20/h12,14,16-17,20-21H,7-11,13,15H2,1-6H3. The molecule has 0 bridgehead atoms. The lowest BCUT2D eigenvalue weighted by atomic mass is 9.68. The van der Waals surface area contributed by atoms with Crippen LogP contribution in [0.5, 0.6) is 0 Å². The molecule has 0 N–H and O–H groups in total. The van der Waals surface area contributed by atoms with Gasteiger partial charge in [-0.05, 0) is 61.6 Å². The van der Waals surface area contributed by atoms with E-state index in [0.29, 0.717) is 22.5 Å². The molecule has 1 saturated carbocycles. The fourth-order valence-electron chi connectivity index (χ4n) is 4.53. The zero-order chi connectivity index (χ0) is 18.4. The van der Waals surface area contributed by atoms with Crippen molar-refractivity contribution in [1.29, 1.82) is 0 Å². The van der Waals surface area contributed by atoms with Crippen LogP contribution in [0.15, 0.2) is 23.5 Å². The minimum absolute atomic E-state index is 0.170. The van der Waals surface area contributed by atoms with Crippen molar-refractivity contribution >= 4 is 12.0 Å². The largest absolute Gasteiger partial charge is 0.469 e. The van der Waals surface area contributed by atoms with Gasteiger partial charge in [0.25, 0.3) is 0 Å². The first-order valence-corrected chi connectivity index (χ1v) is 11.0. The smallest absolute Gasteiger partial charge is 0.209 e. The molecule has 0 aliphatic heterocycles. The Kier molecular flexibility index (Phi) is 7.94. The first kappa shape index (κ1) is 20.9. The van der Waals surface area contributed by atoms with Gasteiger partial charge in [0.1, 0.15) is 0 Å². The first-order valence-electron chi connectivity index (χ1n) is 10.2. The fourth-order valence-corrected chi connectivity index (χ4v) is 5.41. The van der Waals surface area contributed by atoms with Crippen molar-refractivity contribution in [2.24, 2.45) is 17.3 Å². The maximum atomic E-state index is 6.03. The van der Waals surface area contributed by atoms with Crippen LogP contribution in [0.3, 0.4) is 0 Å². The molecular weight excluding hydrogens is 328 g/mol. The summed E-state index contributed by atoms with van der Waals surface area (Å²) in [6, 6.07) is 0. The molecule has 3 heteroatoms. The van der Waals surface area contributed by atoms with Gasteiger partial charge in [0.15, 0.2) is 0 Å². The van der Waals surface area contributed by atoms with Crippen molar-refractivity contribution in [3.05, 3.63) is 23.5 Å². The maximum absolute atomic E-state index is 6.03. The summed E-state index contributed by atoms with van der Waals surface area (Å²) < 4.78 is 11.9. The zero-order valence-corrected chi connectivity index (χ0v) is 18.0. The number of ether oxygens (including phenoxy) is 1. The van der Waals surface area contributed by atoms with E-state index in [1.807, 2.05) is 6.92 Å². The van der Waals surface area contributed by atoms with Crippen LogP contribution in [0.2, 0.25) is 0 Å². The minimum Gasteiger partial charge on any atom is -0.469 e. The Labute approximate surface area is 160 Å². The van der Waals surface area contributed by atoms with Crippen LogP contribution in [0, 0.1) is 17.3 Å². The molecule has 1 fully saturated rings. The SMILES string of the molecule is CC(OSC1CCCCC1)OC1=CC=C(C(C(C)C)C(C)(C)C)CC1. The molecule has 2 unspecified atom stereocenters. The monoisotopic (exact) mass is 366 g/mol. The third kappa shape index (κ3) is 6.67. The quantitative estimate of drug-likeness (QED) is 0.349. The Morgan fingerprint density at radius 2 is 1.68 bits per heavy atom. The Bertz CT molecular complexity index is 467. The predicted octanol–water partition coefficient (Wildman–Crippen LogP) is 7.27. The lowest BCUT2D eigenvalue weighted by Crippen LogP contribution is -2.28. The molecule has 25 heavy (non-hydrogen) atoms. The molecule has 0 aromatic rings. The lowest BCUT2D eigenvalue weighted by molar-refractivity contribution is -0.0196. The molecule has 0 spiro atoms. The summed E-state index contributed by atoms with van der Waals surface area (Å²) in [6.45, 7) is 13.8. The third-order valence-corrected chi connectivity index (χ3v) is 6.46. The van der Waals surface area contributed by atoms with Crippen LogP contribution in [0.25, 0.3) is 0 Å². The highest BCUT2D eigenvalue weighted by Gasteiger charge is 2.31. The number of hydrogen-bond donors (Lipinski definition) is 0. The van der Waals surface area contributed by atoms with Crippen molar-refractivity contribution in [3.8, 4) is 0 Å². The number of allylic oxidation sites excluding steroid dienone is 4. The van der Waals surface area contributed by atoms with Crippen molar-refractivity contribution in [2.75, 3.05) is 0 Å². The summed E-state index contributed by atoms with van der Waals surface area (Å²) in [5.41, 5.74) is 1.87. The van der Waals surface area contributed by atoms with E-state index in [4.69, 9.17) is 8.92 Å². The van der Waals surface area contributed by atoms with Crippen molar-refractivity contribution in [1.82, 2.24) is 0 Å². The molecule has 0 heterocycles. The highest BCUT2D eigenvalue weighted by atomic mass is 32.2. The number of rotatable bonds is 7. The van der Waals surface area contributed by atoms with Gasteiger partial charge >= 0.3 is 0 Å². The summed E-state index contributed by atoms with van der Waals surface area (Å²) in [5, 5.41) is 0.658. The Hall–Kier alpha value is -0.410. The molecule has 144 valence electrons. The van der Waals surface area contributed by atoms with E-state index < -0.39 is 0 Å². The van der Waals surface area contributed by atoms with Crippen molar-refractivity contribution in [2.45, 2.75) is 98.0 Å². The highest BCUT2D eigenvalue weighted by molar-refractivity contribution is 7.95. The van der Waals surface area contributed by atoms with Crippen LogP contribution < -0.4 is 0 Å².